The van der Waals surface area contributed by atoms with Crippen LogP contribution in [0.25, 0.3) is 0 Å². The molecule has 0 aromatic carbocycles. The fourth-order valence-corrected chi connectivity index (χ4v) is 1.11. The van der Waals surface area contributed by atoms with E-state index < -0.39 is 0 Å². The average molecular weight is 198 g/mol. The number of hydrogen-bond donors (Lipinski definition) is 1. The molecule has 2 atom stereocenters. The van der Waals surface area contributed by atoms with E-state index in [-0.39, 0.29) is 5.92 Å². The molecular weight excluding hydrogens is 176 g/mol. The lowest BCUT2D eigenvalue weighted by Crippen LogP contribution is -2.40. The molecule has 14 heavy (non-hydrogen) atoms. The highest BCUT2D eigenvalue weighted by Gasteiger charge is 2.13. The summed E-state index contributed by atoms with van der Waals surface area (Å²) >= 11 is 0. The van der Waals surface area contributed by atoms with Gasteiger partial charge in [0, 0.05) is 19.2 Å². The smallest absolute Gasteiger partial charge is 0.0666 e. The SMILES string of the molecule is CCOCC(NCC(C)C#N)C(C)C. The van der Waals surface area contributed by atoms with Crippen molar-refractivity contribution < 1.29 is 4.74 Å². The van der Waals surface area contributed by atoms with Crippen LogP contribution in [0.2, 0.25) is 0 Å². The van der Waals surface area contributed by atoms with Gasteiger partial charge in [-0.05, 0) is 19.8 Å². The van der Waals surface area contributed by atoms with Gasteiger partial charge in [0.1, 0.15) is 0 Å². The van der Waals surface area contributed by atoms with E-state index in [0.29, 0.717) is 12.0 Å². The minimum absolute atomic E-state index is 0.0675. The van der Waals surface area contributed by atoms with Crippen molar-refractivity contribution in [3.63, 3.8) is 0 Å². The molecule has 0 saturated carbocycles. The van der Waals surface area contributed by atoms with Crippen molar-refractivity contribution in [2.24, 2.45) is 11.8 Å². The second-order valence-corrected chi connectivity index (χ2v) is 3.95. The molecule has 0 aromatic rings. The molecule has 0 spiro atoms. The summed E-state index contributed by atoms with van der Waals surface area (Å²) in [6, 6.07) is 2.56. The monoisotopic (exact) mass is 198 g/mol. The van der Waals surface area contributed by atoms with Crippen molar-refractivity contribution in [1.82, 2.24) is 5.32 Å². The van der Waals surface area contributed by atoms with E-state index in [1.54, 1.807) is 0 Å². The Morgan fingerprint density at radius 3 is 2.43 bits per heavy atom. The fraction of sp³-hybridized carbons (Fsp3) is 0.909. The summed E-state index contributed by atoms with van der Waals surface area (Å²) in [6.07, 6.45) is 0. The Morgan fingerprint density at radius 2 is 2.00 bits per heavy atom. The highest BCUT2D eigenvalue weighted by atomic mass is 16.5. The third kappa shape index (κ3) is 5.95. The van der Waals surface area contributed by atoms with Crippen LogP contribution in [0.5, 0.6) is 0 Å². The van der Waals surface area contributed by atoms with Crippen LogP contribution in [-0.4, -0.2) is 25.8 Å². The Kier molecular flexibility index (Phi) is 7.45. The van der Waals surface area contributed by atoms with Gasteiger partial charge < -0.3 is 10.1 Å². The fourth-order valence-electron chi connectivity index (χ4n) is 1.11. The minimum Gasteiger partial charge on any atom is -0.380 e. The molecular formula is C11H22N2O. The molecule has 82 valence electrons. The van der Waals surface area contributed by atoms with Gasteiger partial charge in [-0.3, -0.25) is 0 Å². The first kappa shape index (κ1) is 13.4. The van der Waals surface area contributed by atoms with Crippen LogP contribution in [-0.2, 0) is 4.74 Å². The second kappa shape index (κ2) is 7.78. The summed E-state index contributed by atoms with van der Waals surface area (Å²) in [6.45, 7) is 10.5. The van der Waals surface area contributed by atoms with Crippen LogP contribution in [0, 0.1) is 23.2 Å². The molecule has 0 bridgehead atoms. The van der Waals surface area contributed by atoms with E-state index in [2.05, 4.69) is 25.2 Å². The molecule has 0 fully saturated rings. The number of nitrogens with one attached hydrogen (secondary N) is 1. The first-order valence-electron chi connectivity index (χ1n) is 5.32. The standard InChI is InChI=1S/C11H22N2O/c1-5-14-8-11(9(2)3)13-7-10(4)6-12/h9-11,13H,5,7-8H2,1-4H3. The third-order valence-corrected chi connectivity index (χ3v) is 2.21. The summed E-state index contributed by atoms with van der Waals surface area (Å²) in [5, 5.41) is 12.0. The van der Waals surface area contributed by atoms with Crippen LogP contribution in [0.3, 0.4) is 0 Å². The molecule has 0 radical (unpaired) electrons. The normalized spacial score (nSPS) is 15.1. The lowest BCUT2D eigenvalue weighted by molar-refractivity contribution is 0.107. The van der Waals surface area contributed by atoms with Gasteiger partial charge >= 0.3 is 0 Å². The molecule has 2 unspecified atom stereocenters. The zero-order chi connectivity index (χ0) is 11.0. The van der Waals surface area contributed by atoms with Gasteiger partial charge in [0.05, 0.1) is 18.6 Å². The Balaban J connectivity index is 3.80. The predicted octanol–water partition coefficient (Wildman–Crippen LogP) is 1.80. The molecule has 0 aliphatic rings. The van der Waals surface area contributed by atoms with Gasteiger partial charge in [0.2, 0.25) is 0 Å². The molecule has 0 aliphatic carbocycles. The highest BCUT2D eigenvalue weighted by Crippen LogP contribution is 2.03. The van der Waals surface area contributed by atoms with E-state index in [1.807, 2.05) is 13.8 Å². The predicted molar refractivity (Wildman–Crippen MR) is 57.9 cm³/mol. The number of hydrogen-bond acceptors (Lipinski definition) is 3. The molecule has 0 heterocycles. The van der Waals surface area contributed by atoms with Crippen LogP contribution in [0.4, 0.5) is 0 Å². The number of nitriles is 1. The molecule has 0 aromatic heterocycles. The van der Waals surface area contributed by atoms with Gasteiger partial charge in [-0.1, -0.05) is 13.8 Å². The average Bonchev–Trinajstić information content (AvgIpc) is 2.16. The van der Waals surface area contributed by atoms with Gasteiger partial charge in [-0.2, -0.15) is 5.26 Å². The summed E-state index contributed by atoms with van der Waals surface area (Å²) in [4.78, 5) is 0. The van der Waals surface area contributed by atoms with E-state index in [4.69, 9.17) is 10.00 Å². The Hall–Kier alpha value is -0.590. The van der Waals surface area contributed by atoms with Gasteiger partial charge in [0.25, 0.3) is 0 Å². The maximum absolute atomic E-state index is 8.64. The van der Waals surface area contributed by atoms with Crippen molar-refractivity contribution in [3.8, 4) is 6.07 Å². The van der Waals surface area contributed by atoms with Crippen LogP contribution in [0.1, 0.15) is 27.7 Å². The minimum atomic E-state index is 0.0675. The lowest BCUT2D eigenvalue weighted by atomic mass is 10.0. The van der Waals surface area contributed by atoms with Crippen molar-refractivity contribution in [2.45, 2.75) is 33.7 Å². The molecule has 3 heteroatoms. The van der Waals surface area contributed by atoms with Crippen molar-refractivity contribution in [1.29, 1.82) is 5.26 Å². The molecule has 3 nitrogen and oxygen atoms in total. The molecule has 1 N–H and O–H groups in total. The third-order valence-electron chi connectivity index (χ3n) is 2.21. The maximum Gasteiger partial charge on any atom is 0.0666 e. The van der Waals surface area contributed by atoms with Crippen LogP contribution >= 0.6 is 0 Å². The maximum atomic E-state index is 8.64. The van der Waals surface area contributed by atoms with E-state index in [0.717, 1.165) is 19.8 Å². The molecule has 0 saturated heterocycles. The summed E-state index contributed by atoms with van der Waals surface area (Å²) in [7, 11) is 0. The number of rotatable bonds is 7. The van der Waals surface area contributed by atoms with Crippen molar-refractivity contribution in [2.75, 3.05) is 19.8 Å². The largest absolute Gasteiger partial charge is 0.380 e. The quantitative estimate of drug-likeness (QED) is 0.678. The summed E-state index contributed by atoms with van der Waals surface area (Å²) in [5.41, 5.74) is 0. The van der Waals surface area contributed by atoms with Gasteiger partial charge in [-0.25, -0.2) is 0 Å². The summed E-state index contributed by atoms with van der Waals surface area (Å²) in [5.74, 6) is 0.602. The second-order valence-electron chi connectivity index (χ2n) is 3.95. The first-order chi connectivity index (χ1) is 6.61. The van der Waals surface area contributed by atoms with E-state index in [1.165, 1.54) is 0 Å². The van der Waals surface area contributed by atoms with Crippen LogP contribution in [0.15, 0.2) is 0 Å². The number of nitrogens with zero attached hydrogens (tertiary/aromatic N) is 1. The van der Waals surface area contributed by atoms with Crippen molar-refractivity contribution in [3.05, 3.63) is 0 Å². The molecule has 0 amide bonds. The lowest BCUT2D eigenvalue weighted by Gasteiger charge is -2.22. The Morgan fingerprint density at radius 1 is 1.36 bits per heavy atom. The molecule has 0 rings (SSSR count). The topological polar surface area (TPSA) is 45.0 Å². The zero-order valence-electron chi connectivity index (χ0n) is 9.71. The van der Waals surface area contributed by atoms with Crippen LogP contribution < -0.4 is 5.32 Å². The first-order valence-corrected chi connectivity index (χ1v) is 5.32. The number of ether oxygens (including phenoxy) is 1. The van der Waals surface area contributed by atoms with Gasteiger partial charge in [0.15, 0.2) is 0 Å². The highest BCUT2D eigenvalue weighted by molar-refractivity contribution is 4.82. The van der Waals surface area contributed by atoms with Crippen molar-refractivity contribution >= 4 is 0 Å². The zero-order valence-corrected chi connectivity index (χ0v) is 9.71. The van der Waals surface area contributed by atoms with Gasteiger partial charge in [-0.15, -0.1) is 0 Å². The van der Waals surface area contributed by atoms with E-state index >= 15 is 0 Å². The Bertz CT molecular complexity index is 175. The Labute approximate surface area is 87.4 Å². The van der Waals surface area contributed by atoms with E-state index in [9.17, 15) is 0 Å². The summed E-state index contributed by atoms with van der Waals surface area (Å²) < 4.78 is 5.38. The molecule has 0 aliphatic heterocycles.